The topological polar surface area (TPSA) is 21.3 Å². The molecule has 0 saturated carbocycles. The highest BCUT2D eigenvalue weighted by molar-refractivity contribution is 7.10. The van der Waals surface area contributed by atoms with Gasteiger partial charge in [-0.15, -0.1) is 11.3 Å². The van der Waals surface area contributed by atoms with Crippen LogP contribution >= 0.6 is 34.5 Å². The van der Waals surface area contributed by atoms with Crippen LogP contribution in [-0.2, 0) is 0 Å². The van der Waals surface area contributed by atoms with Gasteiger partial charge in [0.1, 0.15) is 12.4 Å². The van der Waals surface area contributed by atoms with Crippen LogP contribution in [0, 0.1) is 0 Å². The number of rotatable bonds is 7. The smallest absolute Gasteiger partial charge is 0.119 e. The molecule has 0 aliphatic heterocycles. The van der Waals surface area contributed by atoms with Crippen molar-refractivity contribution in [3.8, 4) is 5.75 Å². The molecule has 108 valence electrons. The second-order valence-electron chi connectivity index (χ2n) is 4.40. The normalized spacial score (nSPS) is 12.3. The summed E-state index contributed by atoms with van der Waals surface area (Å²) in [5.74, 6) is 0.811. The number of halogens is 2. The second-order valence-corrected chi connectivity index (χ2v) is 6.20. The van der Waals surface area contributed by atoms with Gasteiger partial charge in [-0.2, -0.15) is 0 Å². The molecule has 1 atom stereocenters. The highest BCUT2D eigenvalue weighted by Crippen LogP contribution is 2.29. The Morgan fingerprint density at radius 2 is 1.95 bits per heavy atom. The number of nitrogens with one attached hydrogen (secondary N) is 1. The minimum absolute atomic E-state index is 0.109. The number of hydrogen-bond donors (Lipinski definition) is 1. The van der Waals surface area contributed by atoms with Crippen molar-refractivity contribution in [2.24, 2.45) is 0 Å². The average molecular weight is 330 g/mol. The summed E-state index contributed by atoms with van der Waals surface area (Å²) < 4.78 is 5.83. The van der Waals surface area contributed by atoms with E-state index < -0.39 is 0 Å². The molecule has 1 unspecified atom stereocenters. The third-order valence-corrected chi connectivity index (χ3v) is 4.56. The number of hydrogen-bond acceptors (Lipinski definition) is 3. The molecule has 0 aliphatic carbocycles. The van der Waals surface area contributed by atoms with E-state index in [1.807, 2.05) is 35.7 Å². The maximum atomic E-state index is 6.21. The van der Waals surface area contributed by atoms with E-state index in [2.05, 4.69) is 12.2 Å². The van der Waals surface area contributed by atoms with Crippen molar-refractivity contribution in [1.82, 2.24) is 5.32 Å². The van der Waals surface area contributed by atoms with E-state index in [1.165, 1.54) is 0 Å². The third kappa shape index (κ3) is 4.38. The van der Waals surface area contributed by atoms with Gasteiger partial charge >= 0.3 is 0 Å². The van der Waals surface area contributed by atoms with E-state index in [0.717, 1.165) is 28.6 Å². The number of thiophene rings is 1. The predicted octanol–water partition coefficient (Wildman–Crippen LogP) is 5.17. The summed E-state index contributed by atoms with van der Waals surface area (Å²) in [5, 5.41) is 6.97. The van der Waals surface area contributed by atoms with E-state index in [4.69, 9.17) is 27.9 Å². The Labute approximate surface area is 133 Å². The summed E-state index contributed by atoms with van der Waals surface area (Å²) in [6.07, 6.45) is 1.07. The van der Waals surface area contributed by atoms with E-state index in [-0.39, 0.29) is 6.04 Å². The molecule has 2 rings (SSSR count). The van der Waals surface area contributed by atoms with E-state index >= 15 is 0 Å². The van der Waals surface area contributed by atoms with Crippen molar-refractivity contribution in [2.75, 3.05) is 13.2 Å². The van der Waals surface area contributed by atoms with Crippen LogP contribution in [0.3, 0.4) is 0 Å². The molecule has 0 amide bonds. The Kier molecular flexibility index (Phi) is 6.17. The van der Waals surface area contributed by atoms with Crippen molar-refractivity contribution in [3.63, 3.8) is 0 Å². The third-order valence-electron chi connectivity index (χ3n) is 2.83. The lowest BCUT2D eigenvalue weighted by Gasteiger charge is -2.18. The Balaban J connectivity index is 2.01. The lowest BCUT2D eigenvalue weighted by Crippen LogP contribution is -2.27. The first kappa shape index (κ1) is 15.6. The van der Waals surface area contributed by atoms with Crippen LogP contribution in [-0.4, -0.2) is 13.2 Å². The molecule has 1 aromatic carbocycles. The van der Waals surface area contributed by atoms with Crippen LogP contribution in [0.5, 0.6) is 5.75 Å². The molecule has 5 heteroatoms. The second kappa shape index (κ2) is 7.89. The molecule has 0 spiro atoms. The summed E-state index contributed by atoms with van der Waals surface area (Å²) in [6.45, 7) is 3.62. The zero-order chi connectivity index (χ0) is 14.4. The average Bonchev–Trinajstić information content (AvgIpc) is 2.87. The molecule has 0 fully saturated rings. The number of benzene rings is 1. The molecule has 2 nitrogen and oxygen atoms in total. The summed E-state index contributed by atoms with van der Waals surface area (Å²) in [7, 11) is 0. The monoisotopic (exact) mass is 329 g/mol. The Morgan fingerprint density at radius 3 is 2.55 bits per heavy atom. The van der Waals surface area contributed by atoms with Crippen molar-refractivity contribution in [3.05, 3.63) is 50.6 Å². The fourth-order valence-corrected chi connectivity index (χ4v) is 3.19. The maximum absolute atomic E-state index is 6.21. The molecule has 2 aromatic rings. The van der Waals surface area contributed by atoms with Crippen LogP contribution in [0.2, 0.25) is 10.0 Å². The van der Waals surface area contributed by atoms with Gasteiger partial charge in [0.05, 0.1) is 11.1 Å². The van der Waals surface area contributed by atoms with Gasteiger partial charge in [-0.05, 0) is 48.7 Å². The van der Waals surface area contributed by atoms with Crippen molar-refractivity contribution in [1.29, 1.82) is 0 Å². The van der Waals surface area contributed by atoms with Gasteiger partial charge in [0.15, 0.2) is 0 Å². The molecule has 0 radical (unpaired) electrons. The zero-order valence-corrected chi connectivity index (χ0v) is 13.6. The minimum Gasteiger partial charge on any atom is -0.492 e. The molecule has 0 saturated heterocycles. The van der Waals surface area contributed by atoms with Gasteiger partial charge in [-0.1, -0.05) is 30.1 Å². The van der Waals surface area contributed by atoms with Gasteiger partial charge < -0.3 is 10.1 Å². The fourth-order valence-electron chi connectivity index (χ4n) is 1.81. The van der Waals surface area contributed by atoms with Crippen molar-refractivity contribution < 1.29 is 4.74 Å². The van der Waals surface area contributed by atoms with Crippen molar-refractivity contribution >= 4 is 34.5 Å². The van der Waals surface area contributed by atoms with Gasteiger partial charge in [-0.3, -0.25) is 0 Å². The molecule has 1 aromatic heterocycles. The first-order valence-corrected chi connectivity index (χ1v) is 8.19. The quantitative estimate of drug-likeness (QED) is 0.756. The lowest BCUT2D eigenvalue weighted by atomic mass is 10.2. The molecular formula is C15H17Cl2NOS. The standard InChI is InChI=1S/C15H17Cl2NOS/c1-2-8-18-14(15-13(17)7-9-20-15)10-19-12-5-3-11(16)4-6-12/h3-7,9,14,18H,2,8,10H2,1H3. The predicted molar refractivity (Wildman–Crippen MR) is 87.3 cm³/mol. The molecular weight excluding hydrogens is 313 g/mol. The summed E-state index contributed by atoms with van der Waals surface area (Å²) >= 11 is 13.7. The Hall–Kier alpha value is -0.740. The van der Waals surface area contributed by atoms with Crippen LogP contribution in [0.1, 0.15) is 24.3 Å². The fraction of sp³-hybridized carbons (Fsp3) is 0.333. The van der Waals surface area contributed by atoms with E-state index in [1.54, 1.807) is 11.3 Å². The summed E-state index contributed by atoms with van der Waals surface area (Å²) in [4.78, 5) is 1.12. The largest absolute Gasteiger partial charge is 0.492 e. The Bertz CT molecular complexity index is 527. The van der Waals surface area contributed by atoms with Crippen LogP contribution < -0.4 is 10.1 Å². The summed E-state index contributed by atoms with van der Waals surface area (Å²) in [6, 6.07) is 9.42. The lowest BCUT2D eigenvalue weighted by molar-refractivity contribution is 0.268. The molecule has 0 aliphatic rings. The highest BCUT2D eigenvalue weighted by atomic mass is 35.5. The Morgan fingerprint density at radius 1 is 1.20 bits per heavy atom. The maximum Gasteiger partial charge on any atom is 0.119 e. The molecule has 20 heavy (non-hydrogen) atoms. The van der Waals surface area contributed by atoms with Gasteiger partial charge in [0.25, 0.3) is 0 Å². The van der Waals surface area contributed by atoms with E-state index in [9.17, 15) is 0 Å². The van der Waals surface area contributed by atoms with Crippen LogP contribution in [0.25, 0.3) is 0 Å². The number of ether oxygens (including phenoxy) is 1. The SMILES string of the molecule is CCCNC(COc1ccc(Cl)cc1)c1sccc1Cl. The molecule has 1 N–H and O–H groups in total. The van der Waals surface area contributed by atoms with Crippen molar-refractivity contribution in [2.45, 2.75) is 19.4 Å². The molecule has 1 heterocycles. The van der Waals surface area contributed by atoms with Crippen LogP contribution in [0.4, 0.5) is 0 Å². The minimum atomic E-state index is 0.109. The summed E-state index contributed by atoms with van der Waals surface area (Å²) in [5.41, 5.74) is 0. The first-order chi connectivity index (χ1) is 9.70. The zero-order valence-electron chi connectivity index (χ0n) is 11.2. The van der Waals surface area contributed by atoms with Gasteiger partial charge in [0.2, 0.25) is 0 Å². The first-order valence-electron chi connectivity index (χ1n) is 6.55. The van der Waals surface area contributed by atoms with Crippen LogP contribution in [0.15, 0.2) is 35.7 Å². The molecule has 0 bridgehead atoms. The highest BCUT2D eigenvalue weighted by Gasteiger charge is 2.16. The van der Waals surface area contributed by atoms with Gasteiger partial charge in [-0.25, -0.2) is 0 Å². The van der Waals surface area contributed by atoms with Gasteiger partial charge in [0, 0.05) is 9.90 Å². The van der Waals surface area contributed by atoms with E-state index in [0.29, 0.717) is 11.6 Å².